The molecule has 5 heteroatoms. The highest BCUT2D eigenvalue weighted by atomic mass is 16.4. The third kappa shape index (κ3) is 8.25. The lowest BCUT2D eigenvalue weighted by Crippen LogP contribution is -2.18. The standard InChI is InChI=1S/C20H30O5/c1-2-3-6-9-15(21)12-13-17-16(18(22)14-19(17)23)10-7-4-5-8-11-20(24)25/h4,7,12-13,16-17,19,23H,2-3,5-6,8-11,14H2,1H3,(H,24,25)/t16-,17+,19+/m0/s1. The van der Waals surface area contributed by atoms with Gasteiger partial charge in [0.05, 0.1) is 6.10 Å². The number of Topliss-reactive ketones (excluding diaryl/α,β-unsaturated/α-hetero) is 1. The molecule has 0 amide bonds. The van der Waals surface area contributed by atoms with Crippen molar-refractivity contribution in [2.45, 2.75) is 70.8 Å². The average molecular weight is 350 g/mol. The highest BCUT2D eigenvalue weighted by molar-refractivity contribution is 5.90. The van der Waals surface area contributed by atoms with E-state index in [9.17, 15) is 19.5 Å². The molecule has 1 fully saturated rings. The van der Waals surface area contributed by atoms with Crippen LogP contribution in [0, 0.1) is 11.8 Å². The highest BCUT2D eigenvalue weighted by Gasteiger charge is 2.39. The minimum Gasteiger partial charge on any atom is -0.481 e. The first-order valence-electron chi connectivity index (χ1n) is 9.24. The molecular formula is C20H30O5. The molecule has 0 radical (unpaired) electrons. The van der Waals surface area contributed by atoms with Crippen molar-refractivity contribution in [3.63, 3.8) is 0 Å². The van der Waals surface area contributed by atoms with E-state index in [0.29, 0.717) is 25.7 Å². The molecule has 1 rings (SSSR count). The van der Waals surface area contributed by atoms with E-state index >= 15 is 0 Å². The van der Waals surface area contributed by atoms with Crippen LogP contribution in [0.4, 0.5) is 0 Å². The maximum Gasteiger partial charge on any atom is 0.303 e. The van der Waals surface area contributed by atoms with Crippen LogP contribution in [0.3, 0.4) is 0 Å². The Morgan fingerprint density at radius 1 is 1.16 bits per heavy atom. The highest BCUT2D eigenvalue weighted by Crippen LogP contribution is 2.33. The normalized spacial score (nSPS) is 23.8. The van der Waals surface area contributed by atoms with Gasteiger partial charge in [0, 0.05) is 31.1 Å². The van der Waals surface area contributed by atoms with E-state index in [1.54, 1.807) is 6.08 Å². The molecule has 0 aromatic heterocycles. The summed E-state index contributed by atoms with van der Waals surface area (Å²) in [6, 6.07) is 0. The topological polar surface area (TPSA) is 91.7 Å². The van der Waals surface area contributed by atoms with E-state index in [2.05, 4.69) is 6.92 Å². The summed E-state index contributed by atoms with van der Waals surface area (Å²) >= 11 is 0. The van der Waals surface area contributed by atoms with Crippen LogP contribution < -0.4 is 0 Å². The SMILES string of the molecule is CCCCCC(=O)C=C[C@H]1[C@H](O)CC(=O)[C@H]1CC=CCCCC(=O)O. The number of unbranched alkanes of at least 4 members (excludes halogenated alkanes) is 3. The van der Waals surface area contributed by atoms with Crippen LogP contribution in [0.15, 0.2) is 24.3 Å². The lowest BCUT2D eigenvalue weighted by molar-refractivity contribution is -0.137. The fourth-order valence-corrected chi connectivity index (χ4v) is 3.11. The van der Waals surface area contributed by atoms with Crippen LogP contribution in [0.2, 0.25) is 0 Å². The Kier molecular flexibility index (Phi) is 10.0. The molecule has 0 saturated heterocycles. The van der Waals surface area contributed by atoms with Gasteiger partial charge in [-0.25, -0.2) is 0 Å². The number of carboxylic acid groups (broad SMARTS) is 1. The molecule has 0 aromatic carbocycles. The third-order valence-electron chi connectivity index (χ3n) is 4.58. The smallest absolute Gasteiger partial charge is 0.303 e. The molecule has 140 valence electrons. The van der Waals surface area contributed by atoms with Crippen LogP contribution in [0.25, 0.3) is 0 Å². The second kappa shape index (κ2) is 11.7. The summed E-state index contributed by atoms with van der Waals surface area (Å²) in [4.78, 5) is 34.4. The quantitative estimate of drug-likeness (QED) is 0.319. The molecular weight excluding hydrogens is 320 g/mol. The number of hydrogen-bond acceptors (Lipinski definition) is 4. The van der Waals surface area contributed by atoms with Crippen molar-refractivity contribution >= 4 is 17.5 Å². The predicted octanol–water partition coefficient (Wildman–Crippen LogP) is 3.46. The van der Waals surface area contributed by atoms with Gasteiger partial charge in [-0.1, -0.05) is 38.0 Å². The van der Waals surface area contributed by atoms with Gasteiger partial charge in [0.15, 0.2) is 5.78 Å². The van der Waals surface area contributed by atoms with Crippen molar-refractivity contribution in [1.82, 2.24) is 0 Å². The number of aliphatic hydroxyl groups is 1. The van der Waals surface area contributed by atoms with E-state index in [-0.39, 0.29) is 36.2 Å². The van der Waals surface area contributed by atoms with Gasteiger partial charge in [0.25, 0.3) is 0 Å². The first kappa shape index (κ1) is 21.3. The first-order valence-corrected chi connectivity index (χ1v) is 9.24. The van der Waals surface area contributed by atoms with Gasteiger partial charge >= 0.3 is 5.97 Å². The number of carbonyl (C=O) groups excluding carboxylic acids is 2. The average Bonchev–Trinajstić information content (AvgIpc) is 2.82. The number of ketones is 2. The van der Waals surface area contributed by atoms with Gasteiger partial charge in [-0.05, 0) is 31.8 Å². The maximum absolute atomic E-state index is 12.1. The van der Waals surface area contributed by atoms with Crippen LogP contribution in [0.1, 0.15) is 64.7 Å². The zero-order valence-corrected chi connectivity index (χ0v) is 15.0. The first-order chi connectivity index (χ1) is 12.0. The second-order valence-electron chi connectivity index (χ2n) is 6.70. The van der Waals surface area contributed by atoms with Crippen molar-refractivity contribution < 1.29 is 24.6 Å². The van der Waals surface area contributed by atoms with Gasteiger partial charge < -0.3 is 10.2 Å². The minimum absolute atomic E-state index is 0.0239. The van der Waals surface area contributed by atoms with Gasteiger partial charge in [-0.3, -0.25) is 14.4 Å². The Labute approximate surface area is 149 Å². The van der Waals surface area contributed by atoms with E-state index in [0.717, 1.165) is 19.3 Å². The number of hydrogen-bond donors (Lipinski definition) is 2. The minimum atomic E-state index is -0.809. The fraction of sp³-hybridized carbons (Fsp3) is 0.650. The number of aliphatic carboxylic acids is 1. The Balaban J connectivity index is 2.49. The predicted molar refractivity (Wildman–Crippen MR) is 96.1 cm³/mol. The maximum atomic E-state index is 12.1. The molecule has 1 aliphatic rings. The Hall–Kier alpha value is -1.75. The van der Waals surface area contributed by atoms with Gasteiger partial charge in [-0.15, -0.1) is 0 Å². The van der Waals surface area contributed by atoms with Crippen molar-refractivity contribution in [1.29, 1.82) is 0 Å². The molecule has 0 aromatic rings. The van der Waals surface area contributed by atoms with Gasteiger partial charge in [0.2, 0.25) is 0 Å². The molecule has 1 aliphatic carbocycles. The van der Waals surface area contributed by atoms with Crippen LogP contribution in [-0.2, 0) is 14.4 Å². The number of carboxylic acids is 1. The lowest BCUT2D eigenvalue weighted by atomic mass is 9.90. The number of aliphatic hydroxyl groups excluding tert-OH is 1. The molecule has 0 spiro atoms. The second-order valence-corrected chi connectivity index (χ2v) is 6.70. The summed E-state index contributed by atoms with van der Waals surface area (Å²) in [6.45, 7) is 2.08. The van der Waals surface area contributed by atoms with Crippen LogP contribution in [-0.4, -0.2) is 33.9 Å². The summed E-state index contributed by atoms with van der Waals surface area (Å²) in [5.74, 6) is -1.35. The van der Waals surface area contributed by atoms with Crippen molar-refractivity contribution in [3.8, 4) is 0 Å². The summed E-state index contributed by atoms with van der Waals surface area (Å²) < 4.78 is 0. The summed E-state index contributed by atoms with van der Waals surface area (Å²) in [5, 5.41) is 18.7. The summed E-state index contributed by atoms with van der Waals surface area (Å²) in [7, 11) is 0. The Bertz CT molecular complexity index is 506. The molecule has 0 aliphatic heterocycles. The largest absolute Gasteiger partial charge is 0.481 e. The molecule has 1 saturated carbocycles. The van der Waals surface area contributed by atoms with Gasteiger partial charge in [-0.2, -0.15) is 0 Å². The molecule has 0 unspecified atom stereocenters. The van der Waals surface area contributed by atoms with Crippen molar-refractivity contribution in [2.75, 3.05) is 0 Å². The Morgan fingerprint density at radius 2 is 1.92 bits per heavy atom. The third-order valence-corrected chi connectivity index (χ3v) is 4.58. The molecule has 0 bridgehead atoms. The monoisotopic (exact) mass is 350 g/mol. The van der Waals surface area contributed by atoms with E-state index in [1.165, 1.54) is 6.08 Å². The van der Waals surface area contributed by atoms with Crippen LogP contribution >= 0.6 is 0 Å². The zero-order valence-electron chi connectivity index (χ0n) is 15.0. The molecule has 3 atom stereocenters. The van der Waals surface area contributed by atoms with Crippen molar-refractivity contribution in [2.24, 2.45) is 11.8 Å². The fourth-order valence-electron chi connectivity index (χ4n) is 3.11. The van der Waals surface area contributed by atoms with Crippen molar-refractivity contribution in [3.05, 3.63) is 24.3 Å². The molecule has 2 N–H and O–H groups in total. The van der Waals surface area contributed by atoms with Crippen LogP contribution in [0.5, 0.6) is 0 Å². The number of rotatable bonds is 12. The molecule has 0 heterocycles. The van der Waals surface area contributed by atoms with E-state index in [1.807, 2.05) is 12.2 Å². The van der Waals surface area contributed by atoms with E-state index in [4.69, 9.17) is 5.11 Å². The number of allylic oxidation sites excluding steroid dienone is 3. The van der Waals surface area contributed by atoms with Gasteiger partial charge in [0.1, 0.15) is 5.78 Å². The summed E-state index contributed by atoms with van der Waals surface area (Å²) in [5.41, 5.74) is 0. The molecule has 25 heavy (non-hydrogen) atoms. The number of carbonyl (C=O) groups is 3. The summed E-state index contributed by atoms with van der Waals surface area (Å²) in [6.07, 6.45) is 11.8. The lowest BCUT2D eigenvalue weighted by Gasteiger charge is -2.15. The zero-order chi connectivity index (χ0) is 18.7. The Morgan fingerprint density at radius 3 is 2.60 bits per heavy atom. The van der Waals surface area contributed by atoms with E-state index < -0.39 is 12.1 Å². The molecule has 5 nitrogen and oxygen atoms in total.